The minimum Gasteiger partial charge on any atom is -0.0912 e. The minimum absolute atomic E-state index is 1.10. The lowest BCUT2D eigenvalue weighted by Gasteiger charge is -2.00. The normalized spacial score (nSPS) is 12.8. The van der Waals surface area contributed by atoms with E-state index in [9.17, 15) is 0 Å². The van der Waals surface area contributed by atoms with E-state index in [0.717, 1.165) is 18.1 Å². The predicted molar refractivity (Wildman–Crippen MR) is 60.0 cm³/mol. The highest BCUT2D eigenvalue weighted by Gasteiger charge is 1.92. The van der Waals surface area contributed by atoms with Crippen LogP contribution in [0.4, 0.5) is 0 Å². The van der Waals surface area contributed by atoms with E-state index in [1.54, 1.807) is 0 Å². The molecule has 0 amide bonds. The minimum atomic E-state index is 1.10. The lowest BCUT2D eigenvalue weighted by atomic mass is 10.1. The van der Waals surface area contributed by atoms with E-state index in [1.807, 2.05) is 0 Å². The van der Waals surface area contributed by atoms with Crippen molar-refractivity contribution in [1.29, 1.82) is 0 Å². The Labute approximate surface area is 80.6 Å². The van der Waals surface area contributed by atoms with Crippen LogP contribution < -0.4 is 10.4 Å². The molecule has 0 bridgehead atoms. The summed E-state index contributed by atoms with van der Waals surface area (Å²) in [4.78, 5) is 0. The molecule has 1 aromatic rings. The standard InChI is InChI=1S/C13H18/c1-5-10(3)13-9-12(6-2)8-7-11(13)4/h7-9H,4-6H2,1-3H3/b13-10+. The molecule has 0 atom stereocenters. The quantitative estimate of drug-likeness (QED) is 0.645. The fourth-order valence-corrected chi connectivity index (χ4v) is 1.43. The van der Waals surface area contributed by atoms with Crippen molar-refractivity contribution in [1.82, 2.24) is 0 Å². The Hall–Kier alpha value is -1.04. The average Bonchev–Trinajstić information content (AvgIpc) is 2.17. The second-order valence-electron chi connectivity index (χ2n) is 3.48. The molecule has 0 aliphatic heterocycles. The van der Waals surface area contributed by atoms with Gasteiger partial charge in [-0.05, 0) is 35.8 Å². The molecule has 1 rings (SSSR count). The molecule has 0 radical (unpaired) electrons. The summed E-state index contributed by atoms with van der Waals surface area (Å²) in [6.45, 7) is 10.6. The Morgan fingerprint density at radius 3 is 2.54 bits per heavy atom. The van der Waals surface area contributed by atoms with E-state index in [0.29, 0.717) is 0 Å². The van der Waals surface area contributed by atoms with Gasteiger partial charge in [-0.15, -0.1) is 0 Å². The van der Waals surface area contributed by atoms with Crippen LogP contribution in [0.25, 0.3) is 12.2 Å². The van der Waals surface area contributed by atoms with Gasteiger partial charge < -0.3 is 0 Å². The number of benzene rings is 1. The van der Waals surface area contributed by atoms with Gasteiger partial charge in [0, 0.05) is 0 Å². The number of aryl methyl sites for hydroxylation is 1. The molecule has 0 fully saturated rings. The monoisotopic (exact) mass is 174 g/mol. The molecule has 70 valence electrons. The number of hydrogen-bond donors (Lipinski definition) is 0. The Balaban J connectivity index is 3.44. The van der Waals surface area contributed by atoms with Gasteiger partial charge in [0.2, 0.25) is 0 Å². The van der Waals surface area contributed by atoms with Gasteiger partial charge in [-0.25, -0.2) is 0 Å². The summed E-state index contributed by atoms with van der Waals surface area (Å²) in [7, 11) is 0. The molecule has 0 aliphatic rings. The molecular formula is C13H18. The van der Waals surface area contributed by atoms with Crippen molar-refractivity contribution in [3.63, 3.8) is 0 Å². The van der Waals surface area contributed by atoms with Gasteiger partial charge in [-0.3, -0.25) is 0 Å². The Kier molecular flexibility index (Phi) is 3.30. The highest BCUT2D eigenvalue weighted by atomic mass is 14.0. The first kappa shape index (κ1) is 10.0. The van der Waals surface area contributed by atoms with Crippen LogP contribution in [0.2, 0.25) is 0 Å². The Bertz CT molecular complexity index is 385. The summed E-state index contributed by atoms with van der Waals surface area (Å²) >= 11 is 0. The van der Waals surface area contributed by atoms with Gasteiger partial charge in [0.25, 0.3) is 0 Å². The van der Waals surface area contributed by atoms with Crippen LogP contribution in [-0.2, 0) is 6.42 Å². The van der Waals surface area contributed by atoms with Gasteiger partial charge in [0.15, 0.2) is 0 Å². The van der Waals surface area contributed by atoms with Crippen molar-refractivity contribution >= 4 is 12.2 Å². The van der Waals surface area contributed by atoms with E-state index in [4.69, 9.17) is 0 Å². The van der Waals surface area contributed by atoms with Crippen molar-refractivity contribution in [3.05, 3.63) is 34.2 Å². The van der Waals surface area contributed by atoms with Crippen LogP contribution in [-0.4, -0.2) is 0 Å². The van der Waals surface area contributed by atoms with Gasteiger partial charge in [0.1, 0.15) is 0 Å². The van der Waals surface area contributed by atoms with Crippen LogP contribution in [0.15, 0.2) is 18.2 Å². The fraction of sp³-hybridized carbons (Fsp3) is 0.385. The predicted octanol–water partition coefficient (Wildman–Crippen LogP) is 2.24. The molecule has 0 spiro atoms. The second-order valence-corrected chi connectivity index (χ2v) is 3.48. The summed E-state index contributed by atoms with van der Waals surface area (Å²) in [6, 6.07) is 6.54. The van der Waals surface area contributed by atoms with Crippen molar-refractivity contribution in [2.24, 2.45) is 0 Å². The van der Waals surface area contributed by atoms with Crippen LogP contribution in [0.1, 0.15) is 32.8 Å². The average molecular weight is 174 g/mol. The lowest BCUT2D eigenvalue weighted by Crippen LogP contribution is -2.25. The molecule has 0 heterocycles. The summed E-state index contributed by atoms with van der Waals surface area (Å²) in [6.07, 6.45) is 2.21. The molecule has 0 N–H and O–H groups in total. The van der Waals surface area contributed by atoms with Crippen molar-refractivity contribution in [3.8, 4) is 0 Å². The SMILES string of the molecule is C=c1ccc(CC)c/c1=C(/C)CC. The topological polar surface area (TPSA) is 0 Å². The highest BCUT2D eigenvalue weighted by Crippen LogP contribution is 1.97. The molecule has 0 saturated heterocycles. The summed E-state index contributed by atoms with van der Waals surface area (Å²) < 4.78 is 0. The molecule has 0 aliphatic carbocycles. The number of rotatable bonds is 2. The third-order valence-electron chi connectivity index (χ3n) is 2.57. The molecule has 0 unspecified atom stereocenters. The third kappa shape index (κ3) is 2.21. The van der Waals surface area contributed by atoms with Gasteiger partial charge in [-0.1, -0.05) is 44.2 Å². The van der Waals surface area contributed by atoms with E-state index < -0.39 is 0 Å². The zero-order valence-corrected chi connectivity index (χ0v) is 8.85. The number of hydrogen-bond acceptors (Lipinski definition) is 0. The molecule has 1 aromatic carbocycles. The van der Waals surface area contributed by atoms with Crippen LogP contribution in [0.5, 0.6) is 0 Å². The molecule has 13 heavy (non-hydrogen) atoms. The molecule has 0 nitrogen and oxygen atoms in total. The van der Waals surface area contributed by atoms with Crippen LogP contribution in [0, 0.1) is 0 Å². The smallest absolute Gasteiger partial charge is 0.0198 e. The van der Waals surface area contributed by atoms with Crippen molar-refractivity contribution < 1.29 is 0 Å². The second kappa shape index (κ2) is 4.27. The first-order valence-corrected chi connectivity index (χ1v) is 4.96. The van der Waals surface area contributed by atoms with Crippen molar-refractivity contribution in [2.45, 2.75) is 33.6 Å². The van der Waals surface area contributed by atoms with Gasteiger partial charge in [0.05, 0.1) is 0 Å². The maximum atomic E-state index is 4.04. The molecule has 0 heteroatoms. The maximum absolute atomic E-state index is 4.04. The van der Waals surface area contributed by atoms with Gasteiger partial charge >= 0.3 is 0 Å². The van der Waals surface area contributed by atoms with E-state index >= 15 is 0 Å². The van der Waals surface area contributed by atoms with Crippen LogP contribution >= 0.6 is 0 Å². The Morgan fingerprint density at radius 2 is 2.00 bits per heavy atom. The Morgan fingerprint density at radius 1 is 1.31 bits per heavy atom. The van der Waals surface area contributed by atoms with E-state index in [1.165, 1.54) is 16.4 Å². The maximum Gasteiger partial charge on any atom is -0.0198 e. The van der Waals surface area contributed by atoms with E-state index in [2.05, 4.69) is 45.5 Å². The third-order valence-corrected chi connectivity index (χ3v) is 2.57. The largest absolute Gasteiger partial charge is 0.0912 e. The first-order chi connectivity index (χ1) is 6.19. The van der Waals surface area contributed by atoms with Gasteiger partial charge in [-0.2, -0.15) is 0 Å². The van der Waals surface area contributed by atoms with Crippen LogP contribution in [0.3, 0.4) is 0 Å². The highest BCUT2D eigenvalue weighted by molar-refractivity contribution is 5.43. The van der Waals surface area contributed by atoms with E-state index in [-0.39, 0.29) is 0 Å². The molecule has 0 saturated carbocycles. The zero-order chi connectivity index (χ0) is 9.84. The summed E-state index contributed by atoms with van der Waals surface area (Å²) in [5.41, 5.74) is 2.83. The lowest BCUT2D eigenvalue weighted by molar-refractivity contribution is 1.12. The fourth-order valence-electron chi connectivity index (χ4n) is 1.43. The van der Waals surface area contributed by atoms with Crippen molar-refractivity contribution in [2.75, 3.05) is 0 Å². The molecule has 0 aromatic heterocycles. The molecular weight excluding hydrogens is 156 g/mol. The zero-order valence-electron chi connectivity index (χ0n) is 8.85. The summed E-state index contributed by atoms with van der Waals surface area (Å²) in [5, 5.41) is 2.48. The first-order valence-electron chi connectivity index (χ1n) is 4.96. The summed E-state index contributed by atoms with van der Waals surface area (Å²) in [5.74, 6) is 0.